The molecule has 0 fully saturated rings. The van der Waals surface area contributed by atoms with Crippen molar-refractivity contribution in [1.82, 2.24) is 19.7 Å². The van der Waals surface area contributed by atoms with Gasteiger partial charge in [-0.2, -0.15) is 0 Å². The van der Waals surface area contributed by atoms with Crippen LogP contribution in [-0.4, -0.2) is 19.7 Å². The van der Waals surface area contributed by atoms with Gasteiger partial charge in [0, 0.05) is 17.1 Å². The van der Waals surface area contributed by atoms with Gasteiger partial charge in [0.15, 0.2) is 0 Å². The van der Waals surface area contributed by atoms with Gasteiger partial charge in [-0.25, -0.2) is 4.98 Å². The molecule has 4 rings (SSSR count). The van der Waals surface area contributed by atoms with Crippen LogP contribution in [0, 0.1) is 0 Å². The Balaban J connectivity index is 1.51. The number of aromatic nitrogens is 4. The zero-order valence-corrected chi connectivity index (χ0v) is 15.2. The van der Waals surface area contributed by atoms with Crippen molar-refractivity contribution >= 4 is 38.7 Å². The molecule has 0 aliphatic rings. The number of imidazole rings is 1. The van der Waals surface area contributed by atoms with E-state index in [1.807, 2.05) is 49.5 Å². The monoisotopic (exact) mass is 400 g/mol. The van der Waals surface area contributed by atoms with Gasteiger partial charge in [-0.05, 0) is 36.4 Å². The maximum Gasteiger partial charge on any atom is 0.277 e. The van der Waals surface area contributed by atoms with Crippen molar-refractivity contribution in [2.45, 2.75) is 11.0 Å². The van der Waals surface area contributed by atoms with Gasteiger partial charge in [0.2, 0.25) is 5.89 Å². The van der Waals surface area contributed by atoms with E-state index in [1.165, 1.54) is 11.8 Å². The molecule has 0 atom stereocenters. The molecular formula is C17H13BrN4OS. The Morgan fingerprint density at radius 1 is 1.08 bits per heavy atom. The summed E-state index contributed by atoms with van der Waals surface area (Å²) in [6.45, 7) is 0. The summed E-state index contributed by atoms with van der Waals surface area (Å²) in [4.78, 5) is 4.65. The van der Waals surface area contributed by atoms with Crippen molar-refractivity contribution in [2.75, 3.05) is 0 Å². The smallest absolute Gasteiger partial charge is 0.277 e. The van der Waals surface area contributed by atoms with Crippen LogP contribution in [0.2, 0.25) is 0 Å². The van der Waals surface area contributed by atoms with E-state index in [-0.39, 0.29) is 0 Å². The first-order chi connectivity index (χ1) is 11.7. The van der Waals surface area contributed by atoms with Crippen LogP contribution in [0.4, 0.5) is 0 Å². The van der Waals surface area contributed by atoms with Gasteiger partial charge in [-0.3, -0.25) is 0 Å². The highest BCUT2D eigenvalue weighted by Crippen LogP contribution is 2.27. The third-order valence-electron chi connectivity index (χ3n) is 3.70. The highest BCUT2D eigenvalue weighted by Gasteiger charge is 2.12. The molecule has 24 heavy (non-hydrogen) atoms. The number of hydrogen-bond acceptors (Lipinski definition) is 5. The second-order valence-electron chi connectivity index (χ2n) is 5.24. The van der Waals surface area contributed by atoms with Crippen LogP contribution >= 0.6 is 27.7 Å². The molecular weight excluding hydrogens is 388 g/mol. The Kier molecular flexibility index (Phi) is 4.12. The second kappa shape index (κ2) is 6.41. The van der Waals surface area contributed by atoms with Crippen molar-refractivity contribution in [2.24, 2.45) is 7.05 Å². The van der Waals surface area contributed by atoms with Gasteiger partial charge in [0.1, 0.15) is 5.82 Å². The highest BCUT2D eigenvalue weighted by atomic mass is 79.9. The van der Waals surface area contributed by atoms with E-state index in [0.29, 0.717) is 16.9 Å². The molecule has 0 N–H and O–H groups in total. The number of aryl methyl sites for hydroxylation is 1. The molecule has 0 saturated heterocycles. The summed E-state index contributed by atoms with van der Waals surface area (Å²) < 4.78 is 8.84. The zero-order chi connectivity index (χ0) is 16.5. The molecule has 4 aromatic rings. The lowest BCUT2D eigenvalue weighted by Crippen LogP contribution is -1.95. The molecule has 0 aliphatic heterocycles. The molecule has 0 bridgehead atoms. The minimum atomic E-state index is 0.523. The minimum absolute atomic E-state index is 0.523. The van der Waals surface area contributed by atoms with E-state index in [4.69, 9.17) is 4.42 Å². The van der Waals surface area contributed by atoms with Gasteiger partial charge >= 0.3 is 0 Å². The number of thioether (sulfide) groups is 1. The summed E-state index contributed by atoms with van der Waals surface area (Å²) in [7, 11) is 2.02. The first-order valence-electron chi connectivity index (χ1n) is 7.33. The summed E-state index contributed by atoms with van der Waals surface area (Å²) in [5, 5.41) is 8.77. The van der Waals surface area contributed by atoms with Gasteiger partial charge in [-0.15, -0.1) is 10.2 Å². The molecule has 0 amide bonds. The molecule has 0 saturated carbocycles. The number of hydrogen-bond donors (Lipinski definition) is 0. The molecule has 0 spiro atoms. The Labute approximate surface area is 151 Å². The van der Waals surface area contributed by atoms with Crippen LogP contribution in [0.5, 0.6) is 0 Å². The largest absolute Gasteiger partial charge is 0.411 e. The number of rotatable bonds is 4. The summed E-state index contributed by atoms with van der Waals surface area (Å²) in [6.07, 6.45) is 0. The lowest BCUT2D eigenvalue weighted by molar-refractivity contribution is 0.465. The van der Waals surface area contributed by atoms with E-state index in [2.05, 4.69) is 41.7 Å². The van der Waals surface area contributed by atoms with E-state index < -0.39 is 0 Å². The van der Waals surface area contributed by atoms with E-state index >= 15 is 0 Å². The van der Waals surface area contributed by atoms with E-state index in [0.717, 1.165) is 26.9 Å². The van der Waals surface area contributed by atoms with Crippen molar-refractivity contribution in [3.8, 4) is 11.5 Å². The first kappa shape index (κ1) is 15.4. The van der Waals surface area contributed by atoms with Crippen LogP contribution in [0.1, 0.15) is 5.82 Å². The van der Waals surface area contributed by atoms with Crippen LogP contribution in [0.25, 0.3) is 22.5 Å². The second-order valence-corrected chi connectivity index (χ2v) is 7.09. The molecule has 0 aliphatic carbocycles. The highest BCUT2D eigenvalue weighted by molar-refractivity contribution is 9.10. The third-order valence-corrected chi connectivity index (χ3v) is 5.05. The summed E-state index contributed by atoms with van der Waals surface area (Å²) in [6, 6.07) is 15.9. The average molecular weight is 401 g/mol. The Morgan fingerprint density at radius 3 is 2.67 bits per heavy atom. The quantitative estimate of drug-likeness (QED) is 0.465. The fourth-order valence-electron chi connectivity index (χ4n) is 2.43. The van der Waals surface area contributed by atoms with Crippen molar-refractivity contribution < 1.29 is 4.42 Å². The van der Waals surface area contributed by atoms with Crippen LogP contribution in [0.3, 0.4) is 0 Å². The number of benzene rings is 2. The third kappa shape index (κ3) is 2.97. The fraction of sp³-hybridized carbons (Fsp3) is 0.118. The predicted molar refractivity (Wildman–Crippen MR) is 97.7 cm³/mol. The molecule has 2 aromatic carbocycles. The molecule has 7 heteroatoms. The SMILES string of the molecule is Cn1c(CSc2nnc(-c3ccc(Br)cc3)o2)nc2ccccc21. The summed E-state index contributed by atoms with van der Waals surface area (Å²) in [5.74, 6) is 2.17. The van der Waals surface area contributed by atoms with Gasteiger partial charge in [-0.1, -0.05) is 39.8 Å². The minimum Gasteiger partial charge on any atom is -0.411 e. The Hall–Kier alpha value is -2.12. The fourth-order valence-corrected chi connectivity index (χ4v) is 3.44. The number of fused-ring (bicyclic) bond motifs is 1. The molecule has 0 radical (unpaired) electrons. The Bertz CT molecular complexity index is 993. The number of halogens is 1. The van der Waals surface area contributed by atoms with Gasteiger partial charge < -0.3 is 8.98 Å². The van der Waals surface area contributed by atoms with Crippen LogP contribution < -0.4 is 0 Å². The van der Waals surface area contributed by atoms with E-state index in [9.17, 15) is 0 Å². The molecule has 120 valence electrons. The maximum atomic E-state index is 5.73. The topological polar surface area (TPSA) is 56.7 Å². The number of para-hydroxylation sites is 2. The van der Waals surface area contributed by atoms with Crippen molar-refractivity contribution in [3.05, 3.63) is 58.8 Å². The van der Waals surface area contributed by atoms with Crippen LogP contribution in [-0.2, 0) is 12.8 Å². The number of nitrogens with zero attached hydrogens (tertiary/aromatic N) is 4. The summed E-state index contributed by atoms with van der Waals surface area (Å²) in [5.41, 5.74) is 3.02. The molecule has 2 heterocycles. The maximum absolute atomic E-state index is 5.73. The average Bonchev–Trinajstić information content (AvgIpc) is 3.19. The molecule has 5 nitrogen and oxygen atoms in total. The van der Waals surface area contributed by atoms with Crippen molar-refractivity contribution in [3.63, 3.8) is 0 Å². The van der Waals surface area contributed by atoms with E-state index in [1.54, 1.807) is 0 Å². The molecule has 0 unspecified atom stereocenters. The zero-order valence-electron chi connectivity index (χ0n) is 12.8. The lowest BCUT2D eigenvalue weighted by Gasteiger charge is -1.99. The van der Waals surface area contributed by atoms with Crippen molar-refractivity contribution in [1.29, 1.82) is 0 Å². The lowest BCUT2D eigenvalue weighted by atomic mass is 10.2. The van der Waals surface area contributed by atoms with Gasteiger partial charge in [0.05, 0.1) is 16.8 Å². The molecule has 2 aromatic heterocycles. The standard InChI is InChI=1S/C17H13BrN4OS/c1-22-14-5-3-2-4-13(14)19-15(22)10-24-17-21-20-16(23-17)11-6-8-12(18)9-7-11/h2-9H,10H2,1H3. The van der Waals surface area contributed by atoms with Crippen LogP contribution in [0.15, 0.2) is 62.6 Å². The van der Waals surface area contributed by atoms with Gasteiger partial charge in [0.25, 0.3) is 5.22 Å². The first-order valence-corrected chi connectivity index (χ1v) is 9.11. The summed E-state index contributed by atoms with van der Waals surface area (Å²) >= 11 is 4.90. The Morgan fingerprint density at radius 2 is 1.88 bits per heavy atom. The predicted octanol–water partition coefficient (Wildman–Crippen LogP) is 4.68. The normalized spacial score (nSPS) is 11.2.